The molecule has 0 bridgehead atoms. The van der Waals surface area contributed by atoms with Gasteiger partial charge in [0.25, 0.3) is 0 Å². The summed E-state index contributed by atoms with van der Waals surface area (Å²) in [6, 6.07) is 13.6. The van der Waals surface area contributed by atoms with Crippen molar-refractivity contribution in [1.29, 1.82) is 0 Å². The first kappa shape index (κ1) is 17.4. The highest BCUT2D eigenvalue weighted by molar-refractivity contribution is 5.41. The molecule has 2 saturated heterocycles. The summed E-state index contributed by atoms with van der Waals surface area (Å²) in [5, 5.41) is 0. The molecule has 5 heteroatoms. The fourth-order valence-electron chi connectivity index (χ4n) is 4.12. The van der Waals surface area contributed by atoms with Gasteiger partial charge in [-0.05, 0) is 18.9 Å². The summed E-state index contributed by atoms with van der Waals surface area (Å²) in [4.78, 5) is 14.4. The van der Waals surface area contributed by atoms with Crippen LogP contribution in [0.25, 0.3) is 0 Å². The highest BCUT2D eigenvalue weighted by atomic mass is 16.5. The lowest BCUT2D eigenvalue weighted by Crippen LogP contribution is -2.59. The van der Waals surface area contributed by atoms with Gasteiger partial charge in [-0.15, -0.1) is 0 Å². The van der Waals surface area contributed by atoms with Crippen LogP contribution in [0.15, 0.2) is 36.4 Å². The van der Waals surface area contributed by atoms with Crippen molar-refractivity contribution in [3.8, 4) is 0 Å². The molecule has 2 aromatic rings. The molecule has 0 N–H and O–H groups in total. The van der Waals surface area contributed by atoms with Crippen LogP contribution < -0.4 is 4.90 Å². The normalized spacial score (nSPS) is 23.7. The second kappa shape index (κ2) is 7.72. The summed E-state index contributed by atoms with van der Waals surface area (Å²) in [7, 11) is 0. The topological polar surface area (TPSA) is 41.5 Å². The molecule has 0 spiro atoms. The minimum absolute atomic E-state index is 0.361. The number of benzene rings is 1. The molecule has 2 aliphatic heterocycles. The maximum absolute atomic E-state index is 5.98. The lowest BCUT2D eigenvalue weighted by molar-refractivity contribution is -0.0548. The number of nitrogens with zero attached hydrogens (tertiary/aromatic N) is 4. The fraction of sp³-hybridized carbons (Fsp3) is 0.524. The molecule has 1 aromatic heterocycles. The second-order valence-corrected chi connectivity index (χ2v) is 7.34. The summed E-state index contributed by atoms with van der Waals surface area (Å²) in [5.41, 5.74) is 2.41. The van der Waals surface area contributed by atoms with Crippen LogP contribution in [0, 0.1) is 6.92 Å². The molecule has 5 nitrogen and oxygen atoms in total. The van der Waals surface area contributed by atoms with Crippen LogP contribution in [-0.2, 0) is 11.2 Å². The lowest BCUT2D eigenvalue weighted by atomic mass is 10.00. The Morgan fingerprint density at radius 3 is 2.77 bits per heavy atom. The zero-order valence-corrected chi connectivity index (χ0v) is 15.8. The molecule has 0 aliphatic carbocycles. The van der Waals surface area contributed by atoms with Gasteiger partial charge in [0.1, 0.15) is 11.6 Å². The monoisotopic (exact) mass is 352 g/mol. The Morgan fingerprint density at radius 1 is 1.12 bits per heavy atom. The number of fused-ring (bicyclic) bond motifs is 1. The van der Waals surface area contributed by atoms with Crippen LogP contribution in [-0.4, -0.2) is 53.8 Å². The van der Waals surface area contributed by atoms with Gasteiger partial charge in [-0.1, -0.05) is 37.3 Å². The Bertz CT molecular complexity index is 736. The molecule has 1 aromatic carbocycles. The largest absolute Gasteiger partial charge is 0.378 e. The number of rotatable bonds is 4. The minimum atomic E-state index is 0.361. The van der Waals surface area contributed by atoms with Gasteiger partial charge in [-0.25, -0.2) is 9.97 Å². The Kier molecular flexibility index (Phi) is 5.18. The van der Waals surface area contributed by atoms with E-state index in [1.165, 1.54) is 5.56 Å². The van der Waals surface area contributed by atoms with E-state index in [1.54, 1.807) is 0 Å². The molecule has 2 atom stereocenters. The maximum atomic E-state index is 5.98. The van der Waals surface area contributed by atoms with Crippen LogP contribution in [0.5, 0.6) is 0 Å². The van der Waals surface area contributed by atoms with Crippen LogP contribution in [0.1, 0.15) is 36.5 Å². The Balaban J connectivity index is 1.51. The third-order valence-corrected chi connectivity index (χ3v) is 5.38. The fourth-order valence-corrected chi connectivity index (χ4v) is 4.12. The molecule has 0 saturated carbocycles. The van der Waals surface area contributed by atoms with Gasteiger partial charge in [-0.2, -0.15) is 0 Å². The van der Waals surface area contributed by atoms with Gasteiger partial charge in [0.2, 0.25) is 0 Å². The zero-order valence-electron chi connectivity index (χ0n) is 15.8. The molecule has 4 rings (SSSR count). The smallest absolute Gasteiger partial charge is 0.132 e. The second-order valence-electron chi connectivity index (χ2n) is 7.34. The van der Waals surface area contributed by atoms with Gasteiger partial charge >= 0.3 is 0 Å². The summed E-state index contributed by atoms with van der Waals surface area (Å²) in [6.45, 7) is 8.83. The number of anilines is 1. The van der Waals surface area contributed by atoms with E-state index in [0.717, 1.165) is 63.0 Å². The molecule has 2 fully saturated rings. The predicted octanol–water partition coefficient (Wildman–Crippen LogP) is 3.00. The number of aryl methyl sites for hydroxylation is 2. The van der Waals surface area contributed by atoms with Crippen LogP contribution in [0.2, 0.25) is 0 Å². The van der Waals surface area contributed by atoms with E-state index in [2.05, 4.69) is 65.0 Å². The molecule has 2 aliphatic rings. The quantitative estimate of drug-likeness (QED) is 0.846. The summed E-state index contributed by atoms with van der Waals surface area (Å²) < 4.78 is 5.98. The lowest BCUT2D eigenvalue weighted by Gasteiger charge is -2.48. The molecular weight excluding hydrogens is 324 g/mol. The number of hydrogen-bond acceptors (Lipinski definition) is 5. The third kappa shape index (κ3) is 3.60. The first-order valence-electron chi connectivity index (χ1n) is 9.72. The Labute approximate surface area is 156 Å². The van der Waals surface area contributed by atoms with E-state index in [9.17, 15) is 0 Å². The van der Waals surface area contributed by atoms with Gasteiger partial charge in [0, 0.05) is 37.8 Å². The number of piperazine rings is 1. The zero-order chi connectivity index (χ0) is 17.9. The highest BCUT2D eigenvalue weighted by Crippen LogP contribution is 2.30. The van der Waals surface area contributed by atoms with Crippen molar-refractivity contribution in [2.24, 2.45) is 0 Å². The van der Waals surface area contributed by atoms with Gasteiger partial charge in [0.15, 0.2) is 0 Å². The van der Waals surface area contributed by atoms with Crippen molar-refractivity contribution in [3.63, 3.8) is 0 Å². The van der Waals surface area contributed by atoms with Crippen LogP contribution in [0.3, 0.4) is 0 Å². The molecular formula is C21H28N4O. The van der Waals surface area contributed by atoms with E-state index in [4.69, 9.17) is 9.72 Å². The number of aromatic nitrogens is 2. The molecule has 0 unspecified atom stereocenters. The van der Waals surface area contributed by atoms with Crippen molar-refractivity contribution in [2.75, 3.05) is 37.7 Å². The first-order valence-corrected chi connectivity index (χ1v) is 9.72. The standard InChI is InChI=1S/C21H28N4O/c1-3-7-20-22-16(2)12-21(23-20)24-10-11-25-18(13-24)14-26-15-19(25)17-8-5-4-6-9-17/h4-6,8-9,12,18-19H,3,7,10-11,13-15H2,1-2H3/t18-,19-/m1/s1. The van der Waals surface area contributed by atoms with E-state index in [-0.39, 0.29) is 0 Å². The number of hydrogen-bond donors (Lipinski definition) is 0. The van der Waals surface area contributed by atoms with Crippen LogP contribution in [0.4, 0.5) is 5.82 Å². The van der Waals surface area contributed by atoms with Crippen molar-refractivity contribution < 1.29 is 4.74 Å². The Hall–Kier alpha value is -1.98. The third-order valence-electron chi connectivity index (χ3n) is 5.38. The molecule has 3 heterocycles. The maximum Gasteiger partial charge on any atom is 0.132 e. The van der Waals surface area contributed by atoms with Crippen molar-refractivity contribution in [1.82, 2.24) is 14.9 Å². The minimum Gasteiger partial charge on any atom is -0.378 e. The van der Waals surface area contributed by atoms with Crippen molar-refractivity contribution in [3.05, 3.63) is 53.5 Å². The molecule has 0 amide bonds. The Morgan fingerprint density at radius 2 is 1.96 bits per heavy atom. The molecule has 26 heavy (non-hydrogen) atoms. The first-order chi connectivity index (χ1) is 12.7. The molecule has 138 valence electrons. The van der Waals surface area contributed by atoms with Crippen molar-refractivity contribution in [2.45, 2.75) is 38.8 Å². The van der Waals surface area contributed by atoms with Crippen molar-refractivity contribution >= 4 is 5.82 Å². The SMILES string of the molecule is CCCc1nc(C)cc(N2CCN3[C@@H](COC[C@@H]3c3ccccc3)C2)n1. The van der Waals surface area contributed by atoms with E-state index in [1.807, 2.05) is 0 Å². The number of ether oxygens (including phenoxy) is 1. The van der Waals surface area contributed by atoms with E-state index >= 15 is 0 Å². The highest BCUT2D eigenvalue weighted by Gasteiger charge is 2.36. The summed E-state index contributed by atoms with van der Waals surface area (Å²) >= 11 is 0. The average molecular weight is 352 g/mol. The van der Waals surface area contributed by atoms with E-state index < -0.39 is 0 Å². The van der Waals surface area contributed by atoms with Gasteiger partial charge < -0.3 is 9.64 Å². The summed E-state index contributed by atoms with van der Waals surface area (Å²) in [5.74, 6) is 2.04. The van der Waals surface area contributed by atoms with Gasteiger partial charge in [-0.3, -0.25) is 4.90 Å². The number of morpholine rings is 1. The summed E-state index contributed by atoms with van der Waals surface area (Å²) in [6.07, 6.45) is 2.02. The van der Waals surface area contributed by atoms with Crippen LogP contribution >= 0.6 is 0 Å². The predicted molar refractivity (Wildman–Crippen MR) is 103 cm³/mol. The van der Waals surface area contributed by atoms with Gasteiger partial charge in [0.05, 0.1) is 25.3 Å². The van der Waals surface area contributed by atoms with E-state index in [0.29, 0.717) is 12.1 Å². The molecule has 0 radical (unpaired) electrons. The average Bonchev–Trinajstić information content (AvgIpc) is 2.67.